The maximum atomic E-state index is 12.3. The zero-order valence-corrected chi connectivity index (χ0v) is 14.4. The minimum atomic E-state index is -0.304. The van der Waals surface area contributed by atoms with Crippen LogP contribution in [0.3, 0.4) is 0 Å². The lowest BCUT2D eigenvalue weighted by molar-refractivity contribution is -0.117. The maximum absolute atomic E-state index is 12.3. The van der Waals surface area contributed by atoms with E-state index < -0.39 is 0 Å². The van der Waals surface area contributed by atoms with E-state index >= 15 is 0 Å². The first-order valence-corrected chi connectivity index (χ1v) is 8.37. The molecule has 118 valence electrons. The average molecular weight is 394 g/mol. The molecule has 0 aliphatic heterocycles. The van der Waals surface area contributed by atoms with Gasteiger partial charge in [0.25, 0.3) is 5.91 Å². The molecular weight excluding hydrogens is 380 g/mol. The van der Waals surface area contributed by atoms with Crippen molar-refractivity contribution in [1.29, 1.82) is 0 Å². The third-order valence-electron chi connectivity index (χ3n) is 3.51. The van der Waals surface area contributed by atoms with Gasteiger partial charge >= 0.3 is 0 Å². The largest absolute Gasteiger partial charge is 0.326 e. The van der Waals surface area contributed by atoms with Gasteiger partial charge in [-0.15, -0.1) is 0 Å². The SMILES string of the molecule is O=C(Nc1cccc(NC(=O)C2CC2)c1)c1cc(Br)ccc1Cl. The Bertz CT molecular complexity index is 775. The standard InChI is InChI=1S/C17H14BrClN2O2/c18-11-6-7-15(19)14(8-11)17(23)21-13-3-1-2-12(9-13)20-16(22)10-4-5-10/h1-3,6-10H,4-5H2,(H,20,22)(H,21,23). The molecule has 2 amide bonds. The number of benzene rings is 2. The Morgan fingerprint density at radius 3 is 2.43 bits per heavy atom. The van der Waals surface area contributed by atoms with Crippen molar-refractivity contribution in [3.8, 4) is 0 Å². The Kier molecular flexibility index (Phi) is 4.68. The van der Waals surface area contributed by atoms with Crippen LogP contribution in [0, 0.1) is 5.92 Å². The molecule has 1 aliphatic rings. The fourth-order valence-corrected chi connectivity index (χ4v) is 2.70. The first kappa shape index (κ1) is 16.0. The van der Waals surface area contributed by atoms with Gasteiger partial charge in [-0.1, -0.05) is 33.6 Å². The van der Waals surface area contributed by atoms with Crippen LogP contribution < -0.4 is 10.6 Å². The van der Waals surface area contributed by atoms with Crippen molar-refractivity contribution in [3.63, 3.8) is 0 Å². The van der Waals surface area contributed by atoms with Crippen molar-refractivity contribution in [2.24, 2.45) is 5.92 Å². The molecule has 0 atom stereocenters. The zero-order valence-electron chi connectivity index (χ0n) is 12.1. The number of hydrogen-bond acceptors (Lipinski definition) is 2. The van der Waals surface area contributed by atoms with E-state index in [0.717, 1.165) is 17.3 Å². The van der Waals surface area contributed by atoms with Crippen LogP contribution in [0.2, 0.25) is 5.02 Å². The second kappa shape index (κ2) is 6.72. The Balaban J connectivity index is 1.73. The number of rotatable bonds is 4. The monoisotopic (exact) mass is 392 g/mol. The molecular formula is C17H14BrClN2O2. The van der Waals surface area contributed by atoms with Crippen molar-refractivity contribution in [2.45, 2.75) is 12.8 Å². The van der Waals surface area contributed by atoms with E-state index in [0.29, 0.717) is 22.0 Å². The highest BCUT2D eigenvalue weighted by Gasteiger charge is 2.29. The summed E-state index contributed by atoms with van der Waals surface area (Å²) in [7, 11) is 0. The molecule has 0 spiro atoms. The fraction of sp³-hybridized carbons (Fsp3) is 0.176. The van der Waals surface area contributed by atoms with Gasteiger partial charge in [0.1, 0.15) is 0 Å². The van der Waals surface area contributed by atoms with Crippen LogP contribution in [0.25, 0.3) is 0 Å². The Morgan fingerprint density at radius 1 is 1.04 bits per heavy atom. The van der Waals surface area contributed by atoms with E-state index in [-0.39, 0.29) is 17.7 Å². The molecule has 0 aromatic heterocycles. The van der Waals surface area contributed by atoms with E-state index in [1.54, 1.807) is 42.5 Å². The van der Waals surface area contributed by atoms with Crippen molar-refractivity contribution in [2.75, 3.05) is 10.6 Å². The molecule has 2 aromatic rings. The van der Waals surface area contributed by atoms with Crippen molar-refractivity contribution >= 4 is 50.7 Å². The molecule has 1 saturated carbocycles. The molecule has 0 radical (unpaired) electrons. The molecule has 6 heteroatoms. The lowest BCUT2D eigenvalue weighted by Crippen LogP contribution is -2.15. The molecule has 1 fully saturated rings. The normalized spacial score (nSPS) is 13.5. The summed E-state index contributed by atoms with van der Waals surface area (Å²) in [6, 6.07) is 12.2. The highest BCUT2D eigenvalue weighted by atomic mass is 79.9. The quantitative estimate of drug-likeness (QED) is 0.791. The summed E-state index contributed by atoms with van der Waals surface area (Å²) in [4.78, 5) is 24.1. The van der Waals surface area contributed by atoms with Crippen LogP contribution in [0.1, 0.15) is 23.2 Å². The predicted molar refractivity (Wildman–Crippen MR) is 94.9 cm³/mol. The van der Waals surface area contributed by atoms with Gasteiger partial charge in [0.05, 0.1) is 10.6 Å². The van der Waals surface area contributed by atoms with Crippen molar-refractivity contribution in [1.82, 2.24) is 0 Å². The number of anilines is 2. The van der Waals surface area contributed by atoms with Crippen LogP contribution in [0.4, 0.5) is 11.4 Å². The van der Waals surface area contributed by atoms with E-state index in [1.807, 2.05) is 0 Å². The molecule has 23 heavy (non-hydrogen) atoms. The van der Waals surface area contributed by atoms with Gasteiger partial charge in [-0.2, -0.15) is 0 Å². The van der Waals surface area contributed by atoms with E-state index in [2.05, 4.69) is 26.6 Å². The summed E-state index contributed by atoms with van der Waals surface area (Å²) >= 11 is 9.38. The molecule has 2 N–H and O–H groups in total. The van der Waals surface area contributed by atoms with Gasteiger partial charge in [0, 0.05) is 21.8 Å². The Labute approximate surface area is 147 Å². The molecule has 3 rings (SSSR count). The first-order chi connectivity index (χ1) is 11.0. The number of hydrogen-bond donors (Lipinski definition) is 2. The second-order valence-electron chi connectivity index (χ2n) is 5.42. The molecule has 0 heterocycles. The Hall–Kier alpha value is -1.85. The summed E-state index contributed by atoms with van der Waals surface area (Å²) in [6.07, 6.45) is 1.90. The summed E-state index contributed by atoms with van der Waals surface area (Å²) in [5.74, 6) is -0.140. The van der Waals surface area contributed by atoms with Gasteiger partial charge in [-0.05, 0) is 49.2 Å². The summed E-state index contributed by atoms with van der Waals surface area (Å²) in [6.45, 7) is 0. The second-order valence-corrected chi connectivity index (χ2v) is 6.75. The fourth-order valence-electron chi connectivity index (χ4n) is 2.13. The number of halogens is 2. The molecule has 0 unspecified atom stereocenters. The maximum Gasteiger partial charge on any atom is 0.257 e. The van der Waals surface area contributed by atoms with E-state index in [1.165, 1.54) is 0 Å². The number of nitrogens with one attached hydrogen (secondary N) is 2. The van der Waals surface area contributed by atoms with E-state index in [4.69, 9.17) is 11.6 Å². The molecule has 0 saturated heterocycles. The summed E-state index contributed by atoms with van der Waals surface area (Å²) in [5.41, 5.74) is 1.65. The highest BCUT2D eigenvalue weighted by Crippen LogP contribution is 2.30. The molecule has 4 nitrogen and oxygen atoms in total. The summed E-state index contributed by atoms with van der Waals surface area (Å²) in [5, 5.41) is 6.02. The number of amides is 2. The number of carbonyl (C=O) groups is 2. The third kappa shape index (κ3) is 4.12. The van der Waals surface area contributed by atoms with Crippen LogP contribution in [0.5, 0.6) is 0 Å². The molecule has 2 aromatic carbocycles. The minimum absolute atomic E-state index is 0.0310. The van der Waals surface area contributed by atoms with Crippen molar-refractivity contribution < 1.29 is 9.59 Å². The van der Waals surface area contributed by atoms with Crippen LogP contribution >= 0.6 is 27.5 Å². The van der Waals surface area contributed by atoms with Crippen LogP contribution in [-0.2, 0) is 4.79 Å². The van der Waals surface area contributed by atoms with Gasteiger partial charge in [-0.3, -0.25) is 9.59 Å². The zero-order chi connectivity index (χ0) is 16.4. The molecule has 1 aliphatic carbocycles. The lowest BCUT2D eigenvalue weighted by atomic mass is 10.2. The van der Waals surface area contributed by atoms with Gasteiger partial charge in [0.2, 0.25) is 5.91 Å². The van der Waals surface area contributed by atoms with Gasteiger partial charge in [-0.25, -0.2) is 0 Å². The van der Waals surface area contributed by atoms with Gasteiger partial charge < -0.3 is 10.6 Å². The van der Waals surface area contributed by atoms with Gasteiger partial charge in [0.15, 0.2) is 0 Å². The average Bonchev–Trinajstić information content (AvgIpc) is 3.35. The first-order valence-electron chi connectivity index (χ1n) is 7.20. The number of carbonyl (C=O) groups excluding carboxylic acids is 2. The van der Waals surface area contributed by atoms with E-state index in [9.17, 15) is 9.59 Å². The third-order valence-corrected chi connectivity index (χ3v) is 4.33. The topological polar surface area (TPSA) is 58.2 Å². The summed E-state index contributed by atoms with van der Waals surface area (Å²) < 4.78 is 0.775. The van der Waals surface area contributed by atoms with Crippen molar-refractivity contribution in [3.05, 3.63) is 57.5 Å². The highest BCUT2D eigenvalue weighted by molar-refractivity contribution is 9.10. The van der Waals surface area contributed by atoms with Crippen LogP contribution in [-0.4, -0.2) is 11.8 Å². The molecule has 0 bridgehead atoms. The lowest BCUT2D eigenvalue weighted by Gasteiger charge is -2.10. The minimum Gasteiger partial charge on any atom is -0.326 e. The van der Waals surface area contributed by atoms with Crippen LogP contribution in [0.15, 0.2) is 46.9 Å². The smallest absolute Gasteiger partial charge is 0.257 e. The Morgan fingerprint density at radius 2 is 1.74 bits per heavy atom. The predicted octanol–water partition coefficient (Wildman–Crippen LogP) is 4.70.